The molecule has 0 aliphatic heterocycles. The second-order valence-corrected chi connectivity index (χ2v) is 6.94. The average molecular weight is 391 g/mol. The van der Waals surface area contributed by atoms with Gasteiger partial charge in [-0.25, -0.2) is 4.68 Å². The van der Waals surface area contributed by atoms with Gasteiger partial charge >= 0.3 is 5.51 Å². The number of carbonyl (C=O) groups excluding carboxylic acids is 1. The molecule has 2 aromatic carbocycles. The summed E-state index contributed by atoms with van der Waals surface area (Å²) in [5.74, 6) is -0.477. The van der Waals surface area contributed by atoms with Crippen molar-refractivity contribution in [1.82, 2.24) is 14.7 Å². The van der Waals surface area contributed by atoms with Gasteiger partial charge in [-0.3, -0.25) is 4.79 Å². The van der Waals surface area contributed by atoms with E-state index in [1.807, 2.05) is 30.3 Å². The van der Waals surface area contributed by atoms with Crippen molar-refractivity contribution in [3.8, 4) is 5.69 Å². The highest BCUT2D eigenvalue weighted by Crippen LogP contribution is 2.38. The molecule has 1 heterocycles. The first-order valence-electron chi connectivity index (χ1n) is 8.03. The zero-order chi connectivity index (χ0) is 19.4. The first kappa shape index (κ1) is 19.0. The van der Waals surface area contributed by atoms with Crippen LogP contribution >= 0.6 is 11.8 Å². The van der Waals surface area contributed by atoms with Crippen LogP contribution < -0.4 is 0 Å². The number of hydrogen-bond donors (Lipinski definition) is 0. The highest BCUT2D eigenvalue weighted by Gasteiger charge is 2.31. The molecule has 4 nitrogen and oxygen atoms in total. The highest BCUT2D eigenvalue weighted by molar-refractivity contribution is 8.00. The van der Waals surface area contributed by atoms with E-state index < -0.39 is 11.4 Å². The maximum absolute atomic E-state index is 12.7. The zero-order valence-electron chi connectivity index (χ0n) is 14.3. The maximum Gasteiger partial charge on any atom is 0.446 e. The third kappa shape index (κ3) is 4.91. The average Bonchev–Trinajstić information content (AvgIpc) is 3.09. The molecule has 0 spiro atoms. The van der Waals surface area contributed by atoms with E-state index in [2.05, 4.69) is 5.10 Å². The third-order valence-corrected chi connectivity index (χ3v) is 4.57. The highest BCUT2D eigenvalue weighted by atomic mass is 32.2. The summed E-state index contributed by atoms with van der Waals surface area (Å²) in [4.78, 5) is 13.9. The monoisotopic (exact) mass is 391 g/mol. The second kappa shape index (κ2) is 7.87. The van der Waals surface area contributed by atoms with Gasteiger partial charge in [0.15, 0.2) is 0 Å². The molecule has 0 unspecified atom stereocenters. The molecule has 1 aromatic heterocycles. The van der Waals surface area contributed by atoms with Crippen LogP contribution in [0.2, 0.25) is 0 Å². The third-order valence-electron chi connectivity index (χ3n) is 3.77. The zero-order valence-corrected chi connectivity index (χ0v) is 15.2. The number of para-hydroxylation sites is 1. The van der Waals surface area contributed by atoms with Gasteiger partial charge in [0.05, 0.1) is 17.4 Å². The van der Waals surface area contributed by atoms with E-state index >= 15 is 0 Å². The van der Waals surface area contributed by atoms with Gasteiger partial charge in [-0.05, 0) is 36.0 Å². The molecule has 27 heavy (non-hydrogen) atoms. The number of rotatable bonds is 5. The van der Waals surface area contributed by atoms with Crippen molar-refractivity contribution in [3.05, 3.63) is 78.1 Å². The number of alkyl halides is 3. The summed E-state index contributed by atoms with van der Waals surface area (Å²) >= 11 is -0.283. The minimum atomic E-state index is -4.45. The molecule has 3 aromatic rings. The van der Waals surface area contributed by atoms with Crippen LogP contribution in [0.1, 0.15) is 15.9 Å². The number of aromatic nitrogens is 2. The molecule has 0 radical (unpaired) electrons. The summed E-state index contributed by atoms with van der Waals surface area (Å²) < 4.78 is 39.9. The Kier molecular flexibility index (Phi) is 5.55. The largest absolute Gasteiger partial charge is 0.446 e. The molecule has 0 fully saturated rings. The fraction of sp³-hybridized carbons (Fsp3) is 0.158. The van der Waals surface area contributed by atoms with Crippen LogP contribution in [0.15, 0.2) is 71.9 Å². The number of halogens is 3. The Bertz CT molecular complexity index is 925. The van der Waals surface area contributed by atoms with E-state index in [0.29, 0.717) is 0 Å². The Morgan fingerprint density at radius 3 is 2.48 bits per heavy atom. The van der Waals surface area contributed by atoms with Crippen LogP contribution in [0.25, 0.3) is 5.69 Å². The number of hydrogen-bond acceptors (Lipinski definition) is 3. The molecule has 0 saturated carbocycles. The number of amides is 1. The number of carbonyl (C=O) groups is 1. The Morgan fingerprint density at radius 2 is 1.78 bits per heavy atom. The van der Waals surface area contributed by atoms with E-state index in [1.165, 1.54) is 23.1 Å². The quantitative estimate of drug-likeness (QED) is 0.589. The lowest BCUT2D eigenvalue weighted by Gasteiger charge is -2.18. The Labute approximate surface area is 158 Å². The molecule has 0 bridgehead atoms. The SMILES string of the molecule is CN(Cc1cnn(-c2ccccc2)c1)C(=O)c1ccccc1SC(F)(F)F. The Hall–Kier alpha value is -2.74. The van der Waals surface area contributed by atoms with E-state index in [0.717, 1.165) is 11.3 Å². The number of thioether (sulfide) groups is 1. The van der Waals surface area contributed by atoms with Crippen molar-refractivity contribution >= 4 is 17.7 Å². The summed E-state index contributed by atoms with van der Waals surface area (Å²) in [7, 11) is 1.55. The van der Waals surface area contributed by atoms with Crippen molar-refractivity contribution in [2.45, 2.75) is 16.9 Å². The van der Waals surface area contributed by atoms with Crippen molar-refractivity contribution in [2.24, 2.45) is 0 Å². The summed E-state index contributed by atoms with van der Waals surface area (Å²) in [5, 5.41) is 4.26. The number of benzene rings is 2. The fourth-order valence-corrected chi connectivity index (χ4v) is 3.23. The lowest BCUT2D eigenvalue weighted by atomic mass is 10.2. The lowest BCUT2D eigenvalue weighted by Crippen LogP contribution is -2.26. The van der Waals surface area contributed by atoms with Crippen LogP contribution in [0.3, 0.4) is 0 Å². The predicted octanol–water partition coefficient (Wildman–Crippen LogP) is 4.76. The van der Waals surface area contributed by atoms with Gasteiger partial charge < -0.3 is 4.90 Å². The first-order chi connectivity index (χ1) is 12.8. The van der Waals surface area contributed by atoms with Crippen molar-refractivity contribution < 1.29 is 18.0 Å². The van der Waals surface area contributed by atoms with Crippen molar-refractivity contribution in [2.75, 3.05) is 7.05 Å². The van der Waals surface area contributed by atoms with Crippen LogP contribution in [0.5, 0.6) is 0 Å². The van der Waals surface area contributed by atoms with Gasteiger partial charge in [0.1, 0.15) is 0 Å². The van der Waals surface area contributed by atoms with Gasteiger partial charge in [0.2, 0.25) is 0 Å². The summed E-state index contributed by atoms with van der Waals surface area (Å²) in [6, 6.07) is 15.2. The normalized spacial score (nSPS) is 11.4. The van der Waals surface area contributed by atoms with E-state index in [9.17, 15) is 18.0 Å². The lowest BCUT2D eigenvalue weighted by molar-refractivity contribution is -0.0328. The molecule has 8 heteroatoms. The summed E-state index contributed by atoms with van der Waals surface area (Å²) in [5.41, 5.74) is -2.77. The second-order valence-electron chi connectivity index (χ2n) is 5.83. The molecule has 0 aliphatic rings. The van der Waals surface area contributed by atoms with Crippen LogP contribution in [0, 0.1) is 0 Å². The molecule has 0 N–H and O–H groups in total. The standard InChI is InChI=1S/C19H16F3N3OS/c1-24(12-14-11-23-25(13-14)15-7-3-2-4-8-15)18(26)16-9-5-6-10-17(16)27-19(20,21)22/h2-11,13H,12H2,1H3. The van der Waals surface area contributed by atoms with Gasteiger partial charge in [-0.2, -0.15) is 18.3 Å². The molecule has 0 atom stereocenters. The van der Waals surface area contributed by atoms with Crippen molar-refractivity contribution in [3.63, 3.8) is 0 Å². The molecule has 0 aliphatic carbocycles. The Balaban J connectivity index is 1.75. The summed E-state index contributed by atoms with van der Waals surface area (Å²) in [6.07, 6.45) is 3.42. The van der Waals surface area contributed by atoms with Gasteiger partial charge in [0.25, 0.3) is 5.91 Å². The minimum Gasteiger partial charge on any atom is -0.337 e. The number of nitrogens with zero attached hydrogens (tertiary/aromatic N) is 3. The van der Waals surface area contributed by atoms with E-state index in [-0.39, 0.29) is 28.8 Å². The Morgan fingerprint density at radius 1 is 1.11 bits per heavy atom. The summed E-state index contributed by atoms with van der Waals surface area (Å²) in [6.45, 7) is 0.233. The van der Waals surface area contributed by atoms with Gasteiger partial charge in [-0.1, -0.05) is 30.3 Å². The van der Waals surface area contributed by atoms with Gasteiger partial charge in [0, 0.05) is 30.2 Å². The molecule has 140 valence electrons. The molecule has 3 rings (SSSR count). The minimum absolute atomic E-state index is 0.0257. The maximum atomic E-state index is 12.7. The smallest absolute Gasteiger partial charge is 0.337 e. The van der Waals surface area contributed by atoms with Crippen LogP contribution in [-0.2, 0) is 6.54 Å². The molecule has 0 saturated heterocycles. The molecular formula is C19H16F3N3OS. The van der Waals surface area contributed by atoms with Gasteiger partial charge in [-0.15, -0.1) is 0 Å². The topological polar surface area (TPSA) is 38.1 Å². The van der Waals surface area contributed by atoms with Crippen LogP contribution in [-0.4, -0.2) is 33.1 Å². The predicted molar refractivity (Wildman–Crippen MR) is 97.7 cm³/mol. The van der Waals surface area contributed by atoms with Crippen molar-refractivity contribution in [1.29, 1.82) is 0 Å². The van der Waals surface area contributed by atoms with E-state index in [4.69, 9.17) is 0 Å². The first-order valence-corrected chi connectivity index (χ1v) is 8.84. The molecule has 1 amide bonds. The fourth-order valence-electron chi connectivity index (χ4n) is 2.57. The molecular weight excluding hydrogens is 375 g/mol. The van der Waals surface area contributed by atoms with Crippen LogP contribution in [0.4, 0.5) is 13.2 Å². The van der Waals surface area contributed by atoms with E-state index in [1.54, 1.807) is 30.2 Å².